The van der Waals surface area contributed by atoms with Crippen molar-refractivity contribution in [3.8, 4) is 0 Å². The molecule has 1 aromatic heterocycles. The summed E-state index contributed by atoms with van der Waals surface area (Å²) in [5.74, 6) is -1.21. The Hall–Kier alpha value is -1.31. The minimum absolute atomic E-state index is 0.264. The zero-order valence-electron chi connectivity index (χ0n) is 10.0. The molecule has 1 aromatic rings. The van der Waals surface area contributed by atoms with E-state index in [1.54, 1.807) is 20.8 Å². The zero-order valence-corrected chi connectivity index (χ0v) is 10.8. The summed E-state index contributed by atoms with van der Waals surface area (Å²) in [5.41, 5.74) is 0.264. The third kappa shape index (κ3) is 4.17. The van der Waals surface area contributed by atoms with Gasteiger partial charge in [0, 0.05) is 24.2 Å². The van der Waals surface area contributed by atoms with Crippen molar-refractivity contribution in [3.05, 3.63) is 23.8 Å². The van der Waals surface area contributed by atoms with Crippen LogP contribution in [0.15, 0.2) is 16.8 Å². The molecule has 0 aliphatic carbocycles. The summed E-state index contributed by atoms with van der Waals surface area (Å²) in [4.78, 5) is 6.33. The van der Waals surface area contributed by atoms with E-state index in [0.29, 0.717) is 0 Å². The van der Waals surface area contributed by atoms with E-state index in [2.05, 4.69) is 14.4 Å². The average molecular weight is 279 g/mol. The van der Waals surface area contributed by atoms with Gasteiger partial charge in [-0.05, 0) is 20.8 Å². The summed E-state index contributed by atoms with van der Waals surface area (Å²) >= 11 is 0. The second-order valence-electron chi connectivity index (χ2n) is 4.43. The van der Waals surface area contributed by atoms with Gasteiger partial charge in [0.05, 0.1) is 4.75 Å². The Bertz CT molecular complexity index is 463. The van der Waals surface area contributed by atoms with Crippen molar-refractivity contribution in [1.29, 1.82) is 0 Å². The van der Waals surface area contributed by atoms with E-state index in [1.807, 2.05) is 0 Å². The number of nitrogens with zero attached hydrogens (tertiary/aromatic N) is 3. The van der Waals surface area contributed by atoms with Crippen LogP contribution in [-0.4, -0.2) is 25.1 Å². The van der Waals surface area contributed by atoms with Gasteiger partial charge in [-0.25, -0.2) is 14.2 Å². The Morgan fingerprint density at radius 1 is 1.22 bits per heavy atom. The standard InChI is InChI=1S/C10H12F3N3OS/c1-9(2,3)18(17)16-6-7-4-14-8(15-5-7)10(11,12)13/h4-6H,1-3H3/t18-/m1/s1. The summed E-state index contributed by atoms with van der Waals surface area (Å²) < 4.78 is 51.3. The van der Waals surface area contributed by atoms with E-state index in [9.17, 15) is 17.4 Å². The Kier molecular flexibility index (Phi) is 4.20. The van der Waals surface area contributed by atoms with Crippen LogP contribution in [0, 0.1) is 0 Å². The highest BCUT2D eigenvalue weighted by Crippen LogP contribution is 2.25. The molecule has 1 atom stereocenters. The maximum Gasteiger partial charge on any atom is 0.451 e. The molecule has 1 heterocycles. The number of aromatic nitrogens is 2. The first kappa shape index (κ1) is 14.7. The quantitative estimate of drug-likeness (QED) is 0.781. The van der Waals surface area contributed by atoms with Gasteiger partial charge in [-0.1, -0.05) is 0 Å². The second kappa shape index (κ2) is 5.13. The molecule has 18 heavy (non-hydrogen) atoms. The molecule has 0 unspecified atom stereocenters. The Morgan fingerprint density at radius 2 is 1.72 bits per heavy atom. The first-order chi connectivity index (χ1) is 8.10. The van der Waals surface area contributed by atoms with Crippen LogP contribution in [0.25, 0.3) is 0 Å². The third-order valence-electron chi connectivity index (χ3n) is 1.75. The molecule has 4 nitrogen and oxygen atoms in total. The smallest absolute Gasteiger partial charge is 0.234 e. The minimum Gasteiger partial charge on any atom is -0.234 e. The van der Waals surface area contributed by atoms with Gasteiger partial charge >= 0.3 is 6.18 Å². The maximum absolute atomic E-state index is 12.2. The van der Waals surface area contributed by atoms with Crippen LogP contribution >= 0.6 is 0 Å². The highest BCUT2D eigenvalue weighted by molar-refractivity contribution is 7.85. The molecule has 100 valence electrons. The lowest BCUT2D eigenvalue weighted by Crippen LogP contribution is -2.19. The van der Waals surface area contributed by atoms with Crippen molar-refractivity contribution in [1.82, 2.24) is 9.97 Å². The predicted molar refractivity (Wildman–Crippen MR) is 62.5 cm³/mol. The van der Waals surface area contributed by atoms with E-state index in [1.165, 1.54) is 6.21 Å². The molecule has 0 amide bonds. The highest BCUT2D eigenvalue weighted by Gasteiger charge is 2.34. The first-order valence-corrected chi connectivity index (χ1v) is 6.06. The monoisotopic (exact) mass is 279 g/mol. The van der Waals surface area contributed by atoms with Gasteiger partial charge < -0.3 is 0 Å². The van der Waals surface area contributed by atoms with Crippen LogP contribution in [-0.2, 0) is 17.2 Å². The Balaban J connectivity index is 2.82. The maximum atomic E-state index is 12.2. The van der Waals surface area contributed by atoms with E-state index < -0.39 is 27.7 Å². The Morgan fingerprint density at radius 3 is 2.11 bits per heavy atom. The Labute approximate surface area is 105 Å². The molecule has 0 radical (unpaired) electrons. The second-order valence-corrected chi connectivity index (χ2v) is 6.37. The van der Waals surface area contributed by atoms with Crippen molar-refractivity contribution in [2.24, 2.45) is 4.40 Å². The van der Waals surface area contributed by atoms with Gasteiger partial charge in [-0.2, -0.15) is 17.6 Å². The van der Waals surface area contributed by atoms with E-state index >= 15 is 0 Å². The molecular formula is C10H12F3N3OS. The molecule has 0 spiro atoms. The van der Waals surface area contributed by atoms with Crippen molar-refractivity contribution in [2.75, 3.05) is 0 Å². The van der Waals surface area contributed by atoms with Crippen LogP contribution in [0.2, 0.25) is 0 Å². The summed E-state index contributed by atoms with van der Waals surface area (Å²) in [6, 6.07) is 0. The average Bonchev–Trinajstić information content (AvgIpc) is 2.24. The molecule has 0 bridgehead atoms. The van der Waals surface area contributed by atoms with Gasteiger partial charge in [0.1, 0.15) is 11.0 Å². The van der Waals surface area contributed by atoms with Crippen LogP contribution in [0.5, 0.6) is 0 Å². The summed E-state index contributed by atoms with van der Waals surface area (Å²) in [6.45, 7) is 5.22. The third-order valence-corrected chi connectivity index (χ3v) is 3.09. The molecule has 1 rings (SSSR count). The summed E-state index contributed by atoms with van der Waals surface area (Å²) in [6.07, 6.45) is -1.40. The van der Waals surface area contributed by atoms with Crippen molar-refractivity contribution >= 4 is 17.2 Å². The molecule has 8 heteroatoms. The number of alkyl halides is 3. The van der Waals surface area contributed by atoms with Gasteiger partial charge in [0.2, 0.25) is 5.82 Å². The van der Waals surface area contributed by atoms with E-state index in [-0.39, 0.29) is 5.56 Å². The lowest BCUT2D eigenvalue weighted by atomic mass is 10.3. The van der Waals surface area contributed by atoms with Crippen LogP contribution < -0.4 is 0 Å². The fourth-order valence-electron chi connectivity index (χ4n) is 0.818. The summed E-state index contributed by atoms with van der Waals surface area (Å²) in [7, 11) is -1.47. The van der Waals surface area contributed by atoms with Crippen molar-refractivity contribution in [2.45, 2.75) is 31.7 Å². The number of rotatable bonds is 2. The van der Waals surface area contributed by atoms with Gasteiger partial charge in [0.25, 0.3) is 0 Å². The highest BCUT2D eigenvalue weighted by atomic mass is 32.2. The number of halogens is 3. The van der Waals surface area contributed by atoms with E-state index in [0.717, 1.165) is 12.4 Å². The molecule has 0 fully saturated rings. The number of hydrogen-bond acceptors (Lipinski definition) is 3. The fraction of sp³-hybridized carbons (Fsp3) is 0.500. The topological polar surface area (TPSA) is 55.2 Å². The number of hydrogen-bond donors (Lipinski definition) is 0. The van der Waals surface area contributed by atoms with Crippen molar-refractivity contribution in [3.63, 3.8) is 0 Å². The molecule has 0 saturated carbocycles. The van der Waals surface area contributed by atoms with E-state index in [4.69, 9.17) is 0 Å². The molecule has 0 aliphatic heterocycles. The SMILES string of the molecule is CC(C)(C)[S@@](=O)N=Cc1cnc(C(F)(F)F)nc1. The van der Waals surface area contributed by atoms with Crippen LogP contribution in [0.4, 0.5) is 13.2 Å². The van der Waals surface area contributed by atoms with Gasteiger partial charge in [0.15, 0.2) is 0 Å². The molecule has 0 N–H and O–H groups in total. The lowest BCUT2D eigenvalue weighted by Gasteiger charge is -2.12. The first-order valence-electron chi connectivity index (χ1n) is 4.96. The molecular weight excluding hydrogens is 267 g/mol. The fourth-order valence-corrected chi connectivity index (χ4v) is 1.35. The van der Waals surface area contributed by atoms with Crippen LogP contribution in [0.3, 0.4) is 0 Å². The zero-order chi connectivity index (χ0) is 14.0. The minimum atomic E-state index is -4.57. The summed E-state index contributed by atoms with van der Waals surface area (Å²) in [5, 5.41) is 0. The largest absolute Gasteiger partial charge is 0.451 e. The molecule has 0 aliphatic rings. The van der Waals surface area contributed by atoms with Gasteiger partial charge in [-0.3, -0.25) is 0 Å². The van der Waals surface area contributed by atoms with Crippen molar-refractivity contribution < 1.29 is 17.4 Å². The van der Waals surface area contributed by atoms with Crippen LogP contribution in [0.1, 0.15) is 32.2 Å². The molecule has 0 saturated heterocycles. The van der Waals surface area contributed by atoms with Gasteiger partial charge in [-0.15, -0.1) is 0 Å². The predicted octanol–water partition coefficient (Wildman–Crippen LogP) is 2.38. The normalized spacial score (nSPS) is 15.0. The molecule has 0 aromatic carbocycles. The lowest BCUT2D eigenvalue weighted by molar-refractivity contribution is -0.145.